The maximum absolute atomic E-state index is 11.9. The van der Waals surface area contributed by atoms with Gasteiger partial charge in [-0.25, -0.2) is 9.97 Å². The topological polar surface area (TPSA) is 55.7 Å². The normalized spacial score (nSPS) is 11.9. The van der Waals surface area contributed by atoms with Crippen LogP contribution in [0.3, 0.4) is 0 Å². The van der Waals surface area contributed by atoms with Crippen molar-refractivity contribution >= 4 is 10.8 Å². The summed E-state index contributed by atoms with van der Waals surface area (Å²) >= 11 is 0. The first kappa shape index (κ1) is 14.4. The van der Waals surface area contributed by atoms with Crippen LogP contribution in [0.25, 0.3) is 11.4 Å². The van der Waals surface area contributed by atoms with Gasteiger partial charge in [-0.3, -0.25) is 9.19 Å². The quantitative estimate of drug-likeness (QED) is 0.796. The second-order valence-electron chi connectivity index (χ2n) is 3.77. The summed E-state index contributed by atoms with van der Waals surface area (Å²) in [6, 6.07) is 7.03. The van der Waals surface area contributed by atoms with Gasteiger partial charge in [0.2, 0.25) is 5.16 Å². The maximum atomic E-state index is 11.9. The molecule has 0 aliphatic rings. The van der Waals surface area contributed by atoms with Gasteiger partial charge in [0, 0.05) is 18.1 Å². The van der Waals surface area contributed by atoms with Crippen molar-refractivity contribution in [3.05, 3.63) is 48.8 Å². The molecule has 0 aromatic carbocycles. The number of pyridine rings is 1. The van der Waals surface area contributed by atoms with Crippen LogP contribution in [0.5, 0.6) is 0 Å². The lowest BCUT2D eigenvalue weighted by molar-refractivity contribution is 0.418. The Morgan fingerprint density at radius 2 is 2.00 bits per heavy atom. The molecule has 1 atom stereocenters. The molecule has 0 spiro atoms. The van der Waals surface area contributed by atoms with E-state index in [1.54, 1.807) is 24.4 Å². The summed E-state index contributed by atoms with van der Waals surface area (Å²) in [7, 11) is -1.51. The van der Waals surface area contributed by atoms with E-state index in [0.717, 1.165) is 6.08 Å². The molecule has 20 heavy (non-hydrogen) atoms. The molecule has 0 saturated carbocycles. The van der Waals surface area contributed by atoms with E-state index >= 15 is 0 Å². The fourth-order valence-corrected chi connectivity index (χ4v) is 2.37. The minimum absolute atomic E-state index is 0.0200. The lowest BCUT2D eigenvalue weighted by Gasteiger charge is -2.02. The van der Waals surface area contributed by atoms with Gasteiger partial charge in [0.05, 0.1) is 22.2 Å². The van der Waals surface area contributed by atoms with E-state index in [1.165, 1.54) is 6.20 Å². The van der Waals surface area contributed by atoms with Crippen molar-refractivity contribution in [3.8, 4) is 11.4 Å². The van der Waals surface area contributed by atoms with Gasteiger partial charge in [-0.15, -0.1) is 0 Å². The fourth-order valence-electron chi connectivity index (χ4n) is 1.47. The van der Waals surface area contributed by atoms with E-state index in [2.05, 4.69) is 15.0 Å². The van der Waals surface area contributed by atoms with Crippen molar-refractivity contribution in [2.45, 2.75) is 11.6 Å². The Bertz CT molecular complexity index is 631. The average Bonchev–Trinajstić information content (AvgIpc) is 2.48. The highest BCUT2D eigenvalue weighted by atomic mass is 32.2. The van der Waals surface area contributed by atoms with Gasteiger partial charge in [0.15, 0.2) is 0 Å². The first-order chi connectivity index (χ1) is 9.66. The van der Waals surface area contributed by atoms with Gasteiger partial charge in [-0.05, 0) is 30.7 Å². The lowest BCUT2D eigenvalue weighted by atomic mass is 10.3. The van der Waals surface area contributed by atoms with E-state index in [0.29, 0.717) is 11.4 Å². The molecule has 0 fully saturated rings. The first-order valence-corrected chi connectivity index (χ1v) is 7.12. The van der Waals surface area contributed by atoms with Crippen molar-refractivity contribution in [2.24, 2.45) is 0 Å². The van der Waals surface area contributed by atoms with Crippen LogP contribution in [0.2, 0.25) is 0 Å². The smallest absolute Gasteiger partial charge is 0.255 e. The van der Waals surface area contributed by atoms with Crippen LogP contribution in [0.15, 0.2) is 54.0 Å². The van der Waals surface area contributed by atoms with Gasteiger partial charge in [-0.1, -0.05) is 6.07 Å². The molecular weight excluding hydrogens is 284 g/mol. The Balaban J connectivity index is 2.14. The van der Waals surface area contributed by atoms with E-state index < -0.39 is 16.9 Å². The average molecular weight is 295 g/mol. The molecule has 0 N–H and O–H groups in total. The summed E-state index contributed by atoms with van der Waals surface area (Å²) in [4.78, 5) is 12.2. The van der Waals surface area contributed by atoms with Crippen molar-refractivity contribution in [3.63, 3.8) is 0 Å². The van der Waals surface area contributed by atoms with Crippen molar-refractivity contribution in [2.75, 3.05) is 5.75 Å². The van der Waals surface area contributed by atoms with Crippen molar-refractivity contribution < 1.29 is 13.0 Å². The molecule has 0 saturated heterocycles. The molecule has 0 aliphatic carbocycles. The molecule has 2 aromatic heterocycles. The number of halogens is 2. The molecule has 7 heteroatoms. The van der Waals surface area contributed by atoms with Gasteiger partial charge in [0.25, 0.3) is 6.08 Å². The Morgan fingerprint density at radius 1 is 1.15 bits per heavy atom. The Kier molecular flexibility index (Phi) is 5.00. The molecule has 0 radical (unpaired) electrons. The number of aromatic nitrogens is 3. The zero-order valence-electron chi connectivity index (χ0n) is 10.4. The number of allylic oxidation sites excluding steroid dienone is 1. The van der Waals surface area contributed by atoms with Crippen LogP contribution < -0.4 is 0 Å². The second-order valence-corrected chi connectivity index (χ2v) is 5.24. The second kappa shape index (κ2) is 6.95. The zero-order valence-corrected chi connectivity index (χ0v) is 11.2. The van der Waals surface area contributed by atoms with Crippen LogP contribution in [0.4, 0.5) is 8.78 Å². The summed E-state index contributed by atoms with van der Waals surface area (Å²) in [5.74, 6) is 0.0585. The molecule has 2 rings (SSSR count). The first-order valence-electron chi connectivity index (χ1n) is 5.81. The summed E-state index contributed by atoms with van der Waals surface area (Å²) in [6.07, 6.45) is 2.09. The summed E-state index contributed by atoms with van der Waals surface area (Å²) < 4.78 is 35.7. The zero-order chi connectivity index (χ0) is 14.4. The van der Waals surface area contributed by atoms with Gasteiger partial charge in [-0.2, -0.15) is 8.78 Å². The molecular formula is C13H11F2N3OS. The standard InChI is InChI=1S/C13H11F2N3OS/c14-12(15)5-3-9-20(19)13-17-8-6-11(18-13)10-4-1-2-7-16-10/h1-2,4-8H,3,9H2. The lowest BCUT2D eigenvalue weighted by Crippen LogP contribution is -2.03. The third-order valence-corrected chi connectivity index (χ3v) is 3.58. The largest absolute Gasteiger partial charge is 0.266 e. The van der Waals surface area contributed by atoms with E-state index in [-0.39, 0.29) is 17.3 Å². The number of hydrogen-bond acceptors (Lipinski definition) is 4. The van der Waals surface area contributed by atoms with E-state index in [4.69, 9.17) is 0 Å². The molecule has 1 unspecified atom stereocenters. The maximum Gasteiger partial charge on any atom is 0.266 e. The fraction of sp³-hybridized carbons (Fsp3) is 0.154. The van der Waals surface area contributed by atoms with Gasteiger partial charge < -0.3 is 0 Å². The van der Waals surface area contributed by atoms with Gasteiger partial charge >= 0.3 is 0 Å². The van der Waals surface area contributed by atoms with Crippen LogP contribution in [-0.4, -0.2) is 24.9 Å². The van der Waals surface area contributed by atoms with Crippen LogP contribution >= 0.6 is 0 Å². The predicted molar refractivity (Wildman–Crippen MR) is 71.5 cm³/mol. The van der Waals surface area contributed by atoms with Crippen LogP contribution in [0, 0.1) is 0 Å². The minimum Gasteiger partial charge on any atom is -0.255 e. The Labute approximate surface area is 117 Å². The third kappa shape index (κ3) is 3.99. The molecule has 2 heterocycles. The van der Waals surface area contributed by atoms with Crippen LogP contribution in [-0.2, 0) is 10.8 Å². The van der Waals surface area contributed by atoms with E-state index in [1.807, 2.05) is 6.07 Å². The molecule has 104 valence electrons. The summed E-state index contributed by atoms with van der Waals surface area (Å²) in [5, 5.41) is 0.126. The molecule has 2 aromatic rings. The highest BCUT2D eigenvalue weighted by Gasteiger charge is 2.09. The minimum atomic E-state index is -1.77. The molecule has 0 aliphatic heterocycles. The summed E-state index contributed by atoms with van der Waals surface area (Å²) in [6.45, 7) is 0. The molecule has 0 amide bonds. The van der Waals surface area contributed by atoms with Gasteiger partial charge in [0.1, 0.15) is 0 Å². The summed E-state index contributed by atoms with van der Waals surface area (Å²) in [5.41, 5.74) is 1.19. The highest BCUT2D eigenvalue weighted by molar-refractivity contribution is 7.84. The molecule has 0 bridgehead atoms. The number of rotatable bonds is 5. The Morgan fingerprint density at radius 3 is 2.70 bits per heavy atom. The Hall–Kier alpha value is -2.02. The predicted octanol–water partition coefficient (Wildman–Crippen LogP) is 2.82. The SMILES string of the molecule is O=S(CCC=C(F)F)c1nccc(-c2ccccn2)n1. The molecule has 4 nitrogen and oxygen atoms in total. The van der Waals surface area contributed by atoms with E-state index in [9.17, 15) is 13.0 Å². The van der Waals surface area contributed by atoms with Crippen molar-refractivity contribution in [1.82, 2.24) is 15.0 Å². The third-order valence-electron chi connectivity index (χ3n) is 2.37. The highest BCUT2D eigenvalue weighted by Crippen LogP contribution is 2.14. The number of nitrogens with zero attached hydrogens (tertiary/aromatic N) is 3. The van der Waals surface area contributed by atoms with Crippen molar-refractivity contribution in [1.29, 1.82) is 0 Å². The monoisotopic (exact) mass is 295 g/mol. The number of hydrogen-bond donors (Lipinski definition) is 0. The van der Waals surface area contributed by atoms with Crippen LogP contribution in [0.1, 0.15) is 6.42 Å².